The van der Waals surface area contributed by atoms with Crippen LogP contribution in [0.3, 0.4) is 0 Å². The minimum Gasteiger partial charge on any atom is -0.391 e. The first-order valence-electron chi connectivity index (χ1n) is 6.64. The summed E-state index contributed by atoms with van der Waals surface area (Å²) < 4.78 is 27.5. The van der Waals surface area contributed by atoms with Gasteiger partial charge in [-0.2, -0.15) is 0 Å². The molecule has 0 bridgehead atoms. The molecule has 0 saturated carbocycles. The summed E-state index contributed by atoms with van der Waals surface area (Å²) in [4.78, 5) is 3.13. The van der Waals surface area contributed by atoms with Gasteiger partial charge in [-0.05, 0) is 47.9 Å². The van der Waals surface area contributed by atoms with Crippen LogP contribution in [0.2, 0.25) is 0 Å². The molecule has 1 aliphatic heterocycles. The normalized spacial score (nSPS) is 17.5. The molecule has 114 valence electrons. The molecule has 0 unspecified atom stereocenters. The summed E-state index contributed by atoms with van der Waals surface area (Å²) in [7, 11) is -3.51. The zero-order valence-electron chi connectivity index (χ0n) is 11.1. The van der Waals surface area contributed by atoms with Crippen LogP contribution in [0.4, 0.5) is 0 Å². The number of hydrogen-bond donors (Lipinski definition) is 2. The Kier molecular flexibility index (Phi) is 6.00. The summed E-state index contributed by atoms with van der Waals surface area (Å²) in [6.07, 6.45) is 3.67. The highest BCUT2D eigenvalue weighted by molar-refractivity contribution is 9.11. The van der Waals surface area contributed by atoms with Gasteiger partial charge in [0.15, 0.2) is 0 Å². The maximum absolute atomic E-state index is 12.2. The number of likely N-dealkylation sites (tertiary alicyclic amines) is 1. The fourth-order valence-corrected chi connectivity index (χ4v) is 5.82. The summed E-state index contributed by atoms with van der Waals surface area (Å²) in [6.45, 7) is 3.12. The first-order valence-corrected chi connectivity index (χ1v) is 9.73. The highest BCUT2D eigenvalue weighted by Gasteiger charge is 2.21. The number of nitrogens with one attached hydrogen (secondary N) is 1. The zero-order chi connectivity index (χ0) is 14.6. The average Bonchev–Trinajstić information content (AvgIpc) is 2.82. The van der Waals surface area contributed by atoms with Gasteiger partial charge in [0, 0.05) is 18.0 Å². The molecule has 0 amide bonds. The first kappa shape index (κ1) is 16.4. The number of hydrogen-bond acceptors (Lipinski definition) is 5. The smallest absolute Gasteiger partial charge is 0.242 e. The highest BCUT2D eigenvalue weighted by atomic mass is 79.9. The van der Waals surface area contributed by atoms with Crippen LogP contribution < -0.4 is 4.72 Å². The average molecular weight is 383 g/mol. The van der Waals surface area contributed by atoms with Crippen molar-refractivity contribution < 1.29 is 13.5 Å². The maximum atomic E-state index is 12.2. The minimum atomic E-state index is -3.51. The van der Waals surface area contributed by atoms with Crippen LogP contribution in [0.1, 0.15) is 24.1 Å². The van der Waals surface area contributed by atoms with E-state index in [0.29, 0.717) is 15.2 Å². The Morgan fingerprint density at radius 1 is 1.35 bits per heavy atom. The van der Waals surface area contributed by atoms with Gasteiger partial charge in [-0.3, -0.25) is 0 Å². The molecule has 2 heterocycles. The van der Waals surface area contributed by atoms with Crippen molar-refractivity contribution in [3.63, 3.8) is 0 Å². The molecule has 1 aromatic heterocycles. The predicted molar refractivity (Wildman–Crippen MR) is 83.4 cm³/mol. The molecule has 5 nitrogen and oxygen atoms in total. The number of thiophene rings is 1. The summed E-state index contributed by atoms with van der Waals surface area (Å²) in [5.41, 5.74) is 0. The van der Waals surface area contributed by atoms with Crippen LogP contribution in [0.15, 0.2) is 14.7 Å². The Bertz CT molecular complexity index is 539. The minimum absolute atomic E-state index is 0.146. The summed E-state index contributed by atoms with van der Waals surface area (Å²) in [6, 6.07) is 1.51. The number of aliphatic hydroxyl groups excluding tert-OH is 1. The highest BCUT2D eigenvalue weighted by Crippen LogP contribution is 2.31. The van der Waals surface area contributed by atoms with Crippen molar-refractivity contribution in [3.8, 4) is 0 Å². The topological polar surface area (TPSA) is 69.6 Å². The molecule has 0 spiro atoms. The van der Waals surface area contributed by atoms with Gasteiger partial charge in [-0.25, -0.2) is 13.1 Å². The molecule has 0 aromatic carbocycles. The molecule has 0 radical (unpaired) electrons. The van der Waals surface area contributed by atoms with Gasteiger partial charge in [0.2, 0.25) is 10.0 Å². The molecular formula is C12H19BrN2O3S2. The van der Waals surface area contributed by atoms with Crippen LogP contribution in [0.5, 0.6) is 0 Å². The van der Waals surface area contributed by atoms with E-state index >= 15 is 0 Å². The molecule has 1 saturated heterocycles. The van der Waals surface area contributed by atoms with Crippen LogP contribution >= 0.6 is 27.3 Å². The Morgan fingerprint density at radius 3 is 2.65 bits per heavy atom. The number of sulfonamides is 1. The van der Waals surface area contributed by atoms with Gasteiger partial charge in [-0.15, -0.1) is 11.3 Å². The van der Waals surface area contributed by atoms with E-state index in [1.165, 1.54) is 36.7 Å². The molecule has 1 aromatic rings. The van der Waals surface area contributed by atoms with E-state index in [-0.39, 0.29) is 11.5 Å². The molecule has 1 fully saturated rings. The lowest BCUT2D eigenvalue weighted by atomic mass is 10.1. The lowest BCUT2D eigenvalue weighted by Gasteiger charge is -2.26. The van der Waals surface area contributed by atoms with Crippen LogP contribution in [-0.4, -0.2) is 44.6 Å². The molecule has 20 heavy (non-hydrogen) atoms. The van der Waals surface area contributed by atoms with E-state index < -0.39 is 10.0 Å². The van der Waals surface area contributed by atoms with Crippen LogP contribution in [-0.2, 0) is 16.6 Å². The van der Waals surface area contributed by atoms with E-state index in [0.717, 1.165) is 19.6 Å². The molecule has 2 N–H and O–H groups in total. The Labute approximate surface area is 132 Å². The monoisotopic (exact) mass is 382 g/mol. The van der Waals surface area contributed by atoms with Crippen molar-refractivity contribution in [1.29, 1.82) is 0 Å². The third-order valence-electron chi connectivity index (χ3n) is 3.32. The van der Waals surface area contributed by atoms with Crippen LogP contribution in [0.25, 0.3) is 0 Å². The number of aliphatic hydroxyl groups is 1. The van der Waals surface area contributed by atoms with E-state index in [4.69, 9.17) is 5.11 Å². The van der Waals surface area contributed by atoms with Gasteiger partial charge < -0.3 is 10.0 Å². The van der Waals surface area contributed by atoms with Crippen molar-refractivity contribution in [1.82, 2.24) is 9.62 Å². The Hall–Kier alpha value is 0.01000. The van der Waals surface area contributed by atoms with Gasteiger partial charge >= 0.3 is 0 Å². The Morgan fingerprint density at radius 2 is 2.05 bits per heavy atom. The van der Waals surface area contributed by atoms with E-state index in [1.54, 1.807) is 0 Å². The largest absolute Gasteiger partial charge is 0.391 e. The SMILES string of the molecule is O=S(=O)(NCCN1CCCCC1)c1cc(CO)sc1Br. The lowest BCUT2D eigenvalue weighted by molar-refractivity contribution is 0.233. The number of halogens is 1. The molecular weight excluding hydrogens is 364 g/mol. The van der Waals surface area contributed by atoms with Gasteiger partial charge in [0.25, 0.3) is 0 Å². The summed E-state index contributed by atoms with van der Waals surface area (Å²) >= 11 is 4.48. The fourth-order valence-electron chi connectivity index (χ4n) is 2.26. The van der Waals surface area contributed by atoms with Crippen molar-refractivity contribution in [2.45, 2.75) is 30.8 Å². The van der Waals surface area contributed by atoms with Crippen LogP contribution in [0, 0.1) is 0 Å². The quantitative estimate of drug-likeness (QED) is 0.786. The third kappa shape index (κ3) is 4.25. The molecule has 2 rings (SSSR count). The van der Waals surface area contributed by atoms with Crippen molar-refractivity contribution in [2.75, 3.05) is 26.2 Å². The van der Waals surface area contributed by atoms with Gasteiger partial charge in [-0.1, -0.05) is 6.42 Å². The second kappa shape index (κ2) is 7.33. The van der Waals surface area contributed by atoms with Crippen molar-refractivity contribution >= 4 is 37.3 Å². The summed E-state index contributed by atoms with van der Waals surface area (Å²) in [5.74, 6) is 0. The van der Waals surface area contributed by atoms with E-state index in [9.17, 15) is 8.42 Å². The third-order valence-corrected chi connectivity index (χ3v) is 7.02. The second-order valence-electron chi connectivity index (χ2n) is 4.81. The second-order valence-corrected chi connectivity index (χ2v) is 9.00. The van der Waals surface area contributed by atoms with Crippen molar-refractivity contribution in [3.05, 3.63) is 14.7 Å². The fraction of sp³-hybridized carbons (Fsp3) is 0.667. The van der Waals surface area contributed by atoms with Gasteiger partial charge in [0.1, 0.15) is 4.90 Å². The predicted octanol–water partition coefficient (Wildman–Crippen LogP) is 1.77. The molecule has 1 aliphatic rings. The standard InChI is InChI=1S/C12H19BrN2O3S2/c13-12-11(8-10(9-16)19-12)20(17,18)14-4-7-15-5-2-1-3-6-15/h8,14,16H,1-7,9H2. The zero-order valence-corrected chi connectivity index (χ0v) is 14.4. The number of nitrogens with zero attached hydrogens (tertiary/aromatic N) is 1. The number of piperidine rings is 1. The van der Waals surface area contributed by atoms with E-state index in [1.807, 2.05) is 0 Å². The molecule has 8 heteroatoms. The lowest BCUT2D eigenvalue weighted by Crippen LogP contribution is -2.37. The Balaban J connectivity index is 1.91. The first-order chi connectivity index (χ1) is 9.53. The summed E-state index contributed by atoms with van der Waals surface area (Å²) in [5, 5.41) is 9.06. The van der Waals surface area contributed by atoms with Crippen molar-refractivity contribution in [2.24, 2.45) is 0 Å². The number of rotatable bonds is 6. The molecule has 0 atom stereocenters. The molecule has 0 aliphatic carbocycles. The van der Waals surface area contributed by atoms with E-state index in [2.05, 4.69) is 25.6 Å². The maximum Gasteiger partial charge on any atom is 0.242 e. The van der Waals surface area contributed by atoms with Gasteiger partial charge in [0.05, 0.1) is 10.4 Å².